The Morgan fingerprint density at radius 1 is 1.69 bits per heavy atom. The maximum atomic E-state index is 10.4. The zero-order valence-corrected chi connectivity index (χ0v) is 9.00. The number of carboxylic acid groups (broad SMARTS) is 1. The van der Waals surface area contributed by atoms with Gasteiger partial charge >= 0.3 is 6.09 Å². The van der Waals surface area contributed by atoms with Gasteiger partial charge in [0.15, 0.2) is 0 Å². The first kappa shape index (κ1) is 10.9. The molecule has 1 amide bonds. The average Bonchev–Trinajstić information content (AvgIpc) is 2.58. The van der Waals surface area contributed by atoms with Gasteiger partial charge in [0.2, 0.25) is 0 Å². The highest BCUT2D eigenvalue weighted by molar-refractivity contribution is 5.65. The Hall–Kier alpha value is -1.56. The highest BCUT2D eigenvalue weighted by Gasteiger charge is 2.32. The van der Waals surface area contributed by atoms with Crippen LogP contribution in [0.25, 0.3) is 0 Å². The van der Waals surface area contributed by atoms with Crippen molar-refractivity contribution in [3.63, 3.8) is 0 Å². The minimum Gasteiger partial charge on any atom is -0.465 e. The van der Waals surface area contributed by atoms with E-state index in [2.05, 4.69) is 10.4 Å². The summed E-state index contributed by atoms with van der Waals surface area (Å²) in [7, 11) is 0. The van der Waals surface area contributed by atoms with Gasteiger partial charge in [0, 0.05) is 12.2 Å². The summed E-state index contributed by atoms with van der Waals surface area (Å²) in [5.74, 6) is 0. The summed E-state index contributed by atoms with van der Waals surface area (Å²) < 4.78 is 1.79. The predicted octanol–water partition coefficient (Wildman–Crippen LogP) is 0.907. The Morgan fingerprint density at radius 3 is 2.88 bits per heavy atom. The molecule has 1 fully saturated rings. The number of carbonyl (C=O) groups is 1. The molecule has 16 heavy (non-hydrogen) atoms. The fourth-order valence-corrected chi connectivity index (χ4v) is 1.88. The van der Waals surface area contributed by atoms with E-state index < -0.39 is 12.2 Å². The molecule has 1 unspecified atom stereocenters. The topological polar surface area (TPSA) is 87.4 Å². The molecule has 0 saturated heterocycles. The van der Waals surface area contributed by atoms with Gasteiger partial charge in [-0.25, -0.2) is 4.79 Å². The zero-order chi connectivity index (χ0) is 11.7. The van der Waals surface area contributed by atoms with E-state index in [1.807, 2.05) is 6.20 Å². The van der Waals surface area contributed by atoms with Gasteiger partial charge in [-0.3, -0.25) is 4.68 Å². The number of aromatic nitrogens is 2. The highest BCUT2D eigenvalue weighted by Crippen LogP contribution is 2.31. The molecule has 0 aromatic carbocycles. The molecule has 2 rings (SSSR count). The van der Waals surface area contributed by atoms with Gasteiger partial charge in [-0.2, -0.15) is 5.10 Å². The van der Waals surface area contributed by atoms with Crippen LogP contribution in [0, 0.1) is 0 Å². The molecule has 6 heteroatoms. The first-order valence-electron chi connectivity index (χ1n) is 5.29. The first-order valence-corrected chi connectivity index (χ1v) is 5.29. The first-order chi connectivity index (χ1) is 7.56. The molecular formula is C10H15N3O3. The fraction of sp³-hybridized carbons (Fsp3) is 0.600. The van der Waals surface area contributed by atoms with E-state index in [4.69, 9.17) is 5.11 Å². The fourth-order valence-electron chi connectivity index (χ4n) is 1.88. The summed E-state index contributed by atoms with van der Waals surface area (Å²) in [5.41, 5.74) is 0.648. The van der Waals surface area contributed by atoms with Crippen molar-refractivity contribution >= 4 is 6.09 Å². The molecule has 1 aliphatic carbocycles. The quantitative estimate of drug-likeness (QED) is 0.713. The normalized spacial score (nSPS) is 25.9. The van der Waals surface area contributed by atoms with Gasteiger partial charge < -0.3 is 15.5 Å². The monoisotopic (exact) mass is 225 g/mol. The predicted molar refractivity (Wildman–Crippen MR) is 56.1 cm³/mol. The maximum Gasteiger partial charge on any atom is 0.404 e. The van der Waals surface area contributed by atoms with Crippen LogP contribution in [-0.4, -0.2) is 32.1 Å². The average molecular weight is 225 g/mol. The second-order valence-electron chi connectivity index (χ2n) is 4.17. The van der Waals surface area contributed by atoms with Crippen LogP contribution in [0.2, 0.25) is 0 Å². The molecule has 1 saturated carbocycles. The number of nitrogens with one attached hydrogen (secondary N) is 1. The molecule has 1 atom stereocenters. The molecule has 0 spiro atoms. The summed E-state index contributed by atoms with van der Waals surface area (Å²) in [5, 5.41) is 24.5. The Morgan fingerprint density at radius 2 is 2.38 bits per heavy atom. The number of nitrogens with zero attached hydrogens (tertiary/aromatic N) is 2. The lowest BCUT2D eigenvalue weighted by Gasteiger charge is -2.35. The molecule has 1 aromatic rings. The Labute approximate surface area is 92.9 Å². The van der Waals surface area contributed by atoms with Crippen LogP contribution in [0.15, 0.2) is 12.3 Å². The third-order valence-corrected chi connectivity index (χ3v) is 2.87. The van der Waals surface area contributed by atoms with Crippen molar-refractivity contribution in [3.8, 4) is 0 Å². The van der Waals surface area contributed by atoms with E-state index >= 15 is 0 Å². The van der Waals surface area contributed by atoms with E-state index in [1.54, 1.807) is 17.7 Å². The summed E-state index contributed by atoms with van der Waals surface area (Å²) in [4.78, 5) is 10.4. The van der Waals surface area contributed by atoms with Gasteiger partial charge in [0.05, 0.1) is 17.8 Å². The summed E-state index contributed by atoms with van der Waals surface area (Å²) in [6.45, 7) is 1.67. The Balaban J connectivity index is 1.89. The molecule has 0 bridgehead atoms. The highest BCUT2D eigenvalue weighted by atomic mass is 16.4. The van der Waals surface area contributed by atoms with Crippen LogP contribution < -0.4 is 5.32 Å². The second-order valence-corrected chi connectivity index (χ2v) is 4.17. The Kier molecular flexibility index (Phi) is 2.82. The van der Waals surface area contributed by atoms with E-state index in [0.717, 1.165) is 12.8 Å². The summed E-state index contributed by atoms with van der Waals surface area (Å²) in [6.07, 6.45) is 1.80. The van der Waals surface area contributed by atoms with Gasteiger partial charge in [0.1, 0.15) is 0 Å². The number of amides is 1. The zero-order valence-electron chi connectivity index (χ0n) is 9.00. The maximum absolute atomic E-state index is 10.4. The smallest absolute Gasteiger partial charge is 0.404 e. The van der Waals surface area contributed by atoms with Crippen LogP contribution >= 0.6 is 0 Å². The van der Waals surface area contributed by atoms with E-state index in [-0.39, 0.29) is 12.1 Å². The van der Waals surface area contributed by atoms with Gasteiger partial charge in [-0.1, -0.05) is 0 Å². The van der Waals surface area contributed by atoms with Crippen molar-refractivity contribution in [2.75, 3.05) is 0 Å². The molecule has 0 radical (unpaired) electrons. The van der Waals surface area contributed by atoms with E-state index in [0.29, 0.717) is 5.69 Å². The minimum atomic E-state index is -0.978. The number of aliphatic hydroxyl groups is 1. The minimum absolute atomic E-state index is 0.0294. The van der Waals surface area contributed by atoms with Gasteiger partial charge in [-0.05, 0) is 25.8 Å². The standard InChI is InChI=1S/C10H15N3O3/c1-6(14)9-2-3-13(12-9)8-4-7(5-8)11-10(15)16/h2-3,6-8,11,14H,4-5H2,1H3,(H,15,16). The Bertz CT molecular complexity index is 382. The molecule has 1 aliphatic rings. The lowest BCUT2D eigenvalue weighted by Crippen LogP contribution is -2.44. The number of aliphatic hydroxyl groups excluding tert-OH is 1. The van der Waals surface area contributed by atoms with Gasteiger partial charge in [0.25, 0.3) is 0 Å². The van der Waals surface area contributed by atoms with E-state index in [9.17, 15) is 9.90 Å². The van der Waals surface area contributed by atoms with Crippen molar-refractivity contribution in [1.29, 1.82) is 0 Å². The molecular weight excluding hydrogens is 210 g/mol. The number of hydrogen-bond donors (Lipinski definition) is 3. The third-order valence-electron chi connectivity index (χ3n) is 2.87. The third kappa shape index (κ3) is 2.16. The molecule has 6 nitrogen and oxygen atoms in total. The molecule has 1 aromatic heterocycles. The molecule has 1 heterocycles. The van der Waals surface area contributed by atoms with Crippen molar-refractivity contribution in [2.45, 2.75) is 38.0 Å². The lowest BCUT2D eigenvalue weighted by molar-refractivity contribution is 0.161. The van der Waals surface area contributed by atoms with Crippen LogP contribution in [0.4, 0.5) is 4.79 Å². The van der Waals surface area contributed by atoms with Crippen molar-refractivity contribution in [3.05, 3.63) is 18.0 Å². The van der Waals surface area contributed by atoms with Gasteiger partial charge in [-0.15, -0.1) is 0 Å². The largest absolute Gasteiger partial charge is 0.465 e. The molecule has 88 valence electrons. The van der Waals surface area contributed by atoms with Crippen molar-refractivity contribution in [2.24, 2.45) is 0 Å². The van der Waals surface area contributed by atoms with Crippen LogP contribution in [-0.2, 0) is 0 Å². The number of hydrogen-bond acceptors (Lipinski definition) is 3. The lowest BCUT2D eigenvalue weighted by atomic mass is 9.87. The molecule has 3 N–H and O–H groups in total. The van der Waals surface area contributed by atoms with E-state index in [1.165, 1.54) is 0 Å². The number of rotatable bonds is 3. The van der Waals surface area contributed by atoms with Crippen molar-refractivity contribution < 1.29 is 15.0 Å². The van der Waals surface area contributed by atoms with Crippen LogP contribution in [0.3, 0.4) is 0 Å². The van der Waals surface area contributed by atoms with Crippen molar-refractivity contribution in [1.82, 2.24) is 15.1 Å². The molecule has 0 aliphatic heterocycles. The summed E-state index contributed by atoms with van der Waals surface area (Å²) >= 11 is 0. The SMILES string of the molecule is CC(O)c1ccn(C2CC(NC(=O)O)C2)n1. The summed E-state index contributed by atoms with van der Waals surface area (Å²) in [6, 6.07) is 2.05. The van der Waals surface area contributed by atoms with Crippen LogP contribution in [0.1, 0.15) is 37.6 Å². The van der Waals surface area contributed by atoms with Crippen LogP contribution in [0.5, 0.6) is 0 Å². The second kappa shape index (κ2) is 4.13.